The van der Waals surface area contributed by atoms with Crippen LogP contribution in [0.1, 0.15) is 13.8 Å². The lowest BCUT2D eigenvalue weighted by molar-refractivity contribution is 0.314. The molecule has 0 amide bonds. The van der Waals surface area contributed by atoms with Crippen LogP contribution in [-0.2, 0) is 0 Å². The highest BCUT2D eigenvalue weighted by Crippen LogP contribution is 2.31. The minimum Gasteiger partial charge on any atom is -0.475 e. The summed E-state index contributed by atoms with van der Waals surface area (Å²) in [5.41, 5.74) is 8.75. The Morgan fingerprint density at radius 3 is 1.85 bits per heavy atom. The van der Waals surface area contributed by atoms with E-state index < -0.39 is 0 Å². The molecule has 3 rings (SSSR count). The predicted octanol–water partition coefficient (Wildman–Crippen LogP) is 5.48. The summed E-state index contributed by atoms with van der Waals surface area (Å²) in [6.45, 7) is 4.80. The smallest absolute Gasteiger partial charge is 0.232 e. The Bertz CT molecular complexity index is 821. The van der Waals surface area contributed by atoms with Crippen LogP contribution in [0.15, 0.2) is 54.7 Å². The van der Waals surface area contributed by atoms with Crippen molar-refractivity contribution < 1.29 is 4.74 Å². The molecule has 0 fully saturated rings. The van der Waals surface area contributed by atoms with Crippen LogP contribution in [-0.4, -0.2) is 23.1 Å². The van der Waals surface area contributed by atoms with E-state index in [2.05, 4.69) is 9.97 Å². The highest BCUT2D eigenvalue weighted by molar-refractivity contribution is 6.31. The van der Waals surface area contributed by atoms with E-state index in [-0.39, 0.29) is 0 Å². The Balaban J connectivity index is 0.00000117. The van der Waals surface area contributed by atoms with E-state index in [4.69, 9.17) is 33.7 Å². The summed E-state index contributed by atoms with van der Waals surface area (Å²) in [5.74, 6) is 0.433. The van der Waals surface area contributed by atoms with Crippen LogP contribution in [0.3, 0.4) is 0 Å². The zero-order chi connectivity index (χ0) is 18.9. The second-order valence-corrected chi connectivity index (χ2v) is 5.93. The fraction of sp³-hybridized carbons (Fsp3) is 0.200. The number of benzene rings is 2. The number of hydrogen-bond acceptors (Lipinski definition) is 4. The zero-order valence-electron chi connectivity index (χ0n) is 14.7. The molecule has 3 aromatic rings. The lowest BCUT2D eigenvalue weighted by Gasteiger charge is -2.11. The van der Waals surface area contributed by atoms with Crippen molar-refractivity contribution in [2.45, 2.75) is 13.8 Å². The maximum Gasteiger partial charge on any atom is 0.232 e. The van der Waals surface area contributed by atoms with Crippen molar-refractivity contribution >= 4 is 23.2 Å². The Hall–Kier alpha value is -2.14. The number of hydrogen-bond donors (Lipinski definition) is 1. The molecule has 0 saturated heterocycles. The van der Waals surface area contributed by atoms with Crippen molar-refractivity contribution in [2.75, 3.05) is 13.2 Å². The largest absolute Gasteiger partial charge is 0.475 e. The average molecular weight is 390 g/mol. The van der Waals surface area contributed by atoms with E-state index in [9.17, 15) is 0 Å². The molecule has 0 unspecified atom stereocenters. The molecule has 1 aromatic heterocycles. The molecular weight excluding hydrogens is 369 g/mol. The number of nitrogens with zero attached hydrogens (tertiary/aromatic N) is 2. The SMILES string of the molecule is CC.NCCOc1cnc(-c2ccc(Cl)cc2)c(-c2ccc(Cl)cc2)n1. The summed E-state index contributed by atoms with van der Waals surface area (Å²) < 4.78 is 5.51. The standard InChI is InChI=1S/C18H15Cl2N3O.C2H6/c19-14-5-1-12(2-6-14)17-18(13-3-7-15(20)8-4-13)23-16(11-22-17)24-10-9-21;1-2/h1-8,11H,9-10,21H2;1-2H3. The average Bonchev–Trinajstić information content (AvgIpc) is 2.69. The van der Waals surface area contributed by atoms with Gasteiger partial charge < -0.3 is 10.5 Å². The van der Waals surface area contributed by atoms with Gasteiger partial charge in [0.05, 0.1) is 11.9 Å². The summed E-state index contributed by atoms with van der Waals surface area (Å²) in [7, 11) is 0. The van der Waals surface area contributed by atoms with Crippen LogP contribution in [0.4, 0.5) is 0 Å². The fourth-order valence-electron chi connectivity index (χ4n) is 2.23. The molecule has 0 bridgehead atoms. The third-order valence-electron chi connectivity index (χ3n) is 3.35. The van der Waals surface area contributed by atoms with Crippen molar-refractivity contribution in [1.29, 1.82) is 0 Å². The molecule has 26 heavy (non-hydrogen) atoms. The normalized spacial score (nSPS) is 10.0. The predicted molar refractivity (Wildman–Crippen MR) is 109 cm³/mol. The van der Waals surface area contributed by atoms with E-state index in [1.807, 2.05) is 62.4 Å². The van der Waals surface area contributed by atoms with Gasteiger partial charge in [-0.15, -0.1) is 0 Å². The zero-order valence-corrected chi connectivity index (χ0v) is 16.3. The quantitative estimate of drug-likeness (QED) is 0.627. The summed E-state index contributed by atoms with van der Waals surface area (Å²) in [6.07, 6.45) is 1.60. The van der Waals surface area contributed by atoms with Gasteiger partial charge in [0.25, 0.3) is 0 Å². The van der Waals surface area contributed by atoms with Crippen molar-refractivity contribution in [3.05, 3.63) is 64.8 Å². The maximum atomic E-state index is 5.98. The minimum atomic E-state index is 0.384. The molecule has 0 spiro atoms. The molecule has 0 aliphatic heterocycles. The van der Waals surface area contributed by atoms with Gasteiger partial charge in [-0.25, -0.2) is 9.97 Å². The van der Waals surface area contributed by atoms with Gasteiger partial charge in [0.1, 0.15) is 12.3 Å². The molecular formula is C20H21Cl2N3O. The van der Waals surface area contributed by atoms with Gasteiger partial charge >= 0.3 is 0 Å². The van der Waals surface area contributed by atoms with E-state index in [1.165, 1.54) is 0 Å². The molecule has 0 aliphatic carbocycles. The van der Waals surface area contributed by atoms with Crippen molar-refractivity contribution in [1.82, 2.24) is 9.97 Å². The maximum absolute atomic E-state index is 5.98. The second kappa shape index (κ2) is 10.1. The van der Waals surface area contributed by atoms with Gasteiger partial charge in [-0.1, -0.05) is 61.3 Å². The Labute approximate surface area is 164 Å². The summed E-state index contributed by atoms with van der Waals surface area (Å²) in [5, 5.41) is 1.33. The van der Waals surface area contributed by atoms with Crippen LogP contribution in [0.25, 0.3) is 22.5 Å². The molecule has 0 radical (unpaired) electrons. The lowest BCUT2D eigenvalue weighted by atomic mass is 10.0. The molecule has 6 heteroatoms. The molecule has 0 atom stereocenters. The Morgan fingerprint density at radius 1 is 0.846 bits per heavy atom. The van der Waals surface area contributed by atoms with Crippen molar-refractivity contribution in [3.8, 4) is 28.4 Å². The third-order valence-corrected chi connectivity index (χ3v) is 3.86. The molecule has 2 N–H and O–H groups in total. The van der Waals surface area contributed by atoms with Crippen LogP contribution in [0, 0.1) is 0 Å². The van der Waals surface area contributed by atoms with E-state index in [1.54, 1.807) is 6.20 Å². The highest BCUT2D eigenvalue weighted by Gasteiger charge is 2.13. The van der Waals surface area contributed by atoms with Crippen LogP contribution in [0.5, 0.6) is 5.88 Å². The molecule has 4 nitrogen and oxygen atoms in total. The summed E-state index contributed by atoms with van der Waals surface area (Å²) >= 11 is 12.0. The molecule has 136 valence electrons. The minimum absolute atomic E-state index is 0.384. The van der Waals surface area contributed by atoms with Crippen LogP contribution >= 0.6 is 23.2 Å². The first-order valence-corrected chi connectivity index (χ1v) is 9.15. The number of halogens is 2. The van der Waals surface area contributed by atoms with Gasteiger partial charge in [-0.3, -0.25) is 0 Å². The lowest BCUT2D eigenvalue weighted by Crippen LogP contribution is -2.11. The van der Waals surface area contributed by atoms with Gasteiger partial charge in [0.2, 0.25) is 5.88 Å². The molecule has 0 aliphatic rings. The van der Waals surface area contributed by atoms with Gasteiger partial charge in [-0.05, 0) is 24.3 Å². The first-order chi connectivity index (χ1) is 12.7. The first-order valence-electron chi connectivity index (χ1n) is 8.39. The van der Waals surface area contributed by atoms with Crippen LogP contribution < -0.4 is 10.5 Å². The van der Waals surface area contributed by atoms with Gasteiger partial charge in [0, 0.05) is 27.7 Å². The van der Waals surface area contributed by atoms with Crippen molar-refractivity contribution in [2.24, 2.45) is 5.73 Å². The van der Waals surface area contributed by atoms with Crippen LogP contribution in [0.2, 0.25) is 10.0 Å². The molecule has 0 saturated carbocycles. The number of ether oxygens (including phenoxy) is 1. The van der Waals surface area contributed by atoms with Crippen molar-refractivity contribution in [3.63, 3.8) is 0 Å². The fourth-order valence-corrected chi connectivity index (χ4v) is 2.49. The number of rotatable bonds is 5. The number of nitrogens with two attached hydrogens (primary N) is 1. The molecule has 2 aromatic carbocycles. The third kappa shape index (κ3) is 5.18. The highest BCUT2D eigenvalue weighted by atomic mass is 35.5. The topological polar surface area (TPSA) is 61.0 Å². The molecule has 1 heterocycles. The monoisotopic (exact) mass is 389 g/mol. The van der Waals surface area contributed by atoms with E-state index in [0.717, 1.165) is 16.8 Å². The van der Waals surface area contributed by atoms with Gasteiger partial charge in [0.15, 0.2) is 0 Å². The van der Waals surface area contributed by atoms with E-state index >= 15 is 0 Å². The van der Waals surface area contributed by atoms with E-state index in [0.29, 0.717) is 34.8 Å². The Kier molecular flexibility index (Phi) is 7.85. The summed E-state index contributed by atoms with van der Waals surface area (Å²) in [4.78, 5) is 9.12. The Morgan fingerprint density at radius 2 is 1.35 bits per heavy atom. The second-order valence-electron chi connectivity index (χ2n) is 5.06. The first kappa shape index (κ1) is 20.2. The number of aromatic nitrogens is 2. The van der Waals surface area contributed by atoms with Gasteiger partial charge in [-0.2, -0.15) is 0 Å². The summed E-state index contributed by atoms with van der Waals surface area (Å²) in [6, 6.07) is 14.9.